The maximum Gasteiger partial charge on any atom is 0.289 e. The highest BCUT2D eigenvalue weighted by Crippen LogP contribution is 2.31. The van der Waals surface area contributed by atoms with Crippen molar-refractivity contribution in [2.24, 2.45) is 0 Å². The van der Waals surface area contributed by atoms with Crippen LogP contribution < -0.4 is 15.8 Å². The number of carbonyl (C=O) groups excluding carboxylic acids is 3. The summed E-state index contributed by atoms with van der Waals surface area (Å²) in [6, 6.07) is 7.07. The van der Waals surface area contributed by atoms with Gasteiger partial charge in [0.25, 0.3) is 17.7 Å². The minimum absolute atomic E-state index is 0.0397. The van der Waals surface area contributed by atoms with Gasteiger partial charge in [0.1, 0.15) is 10.6 Å². The summed E-state index contributed by atoms with van der Waals surface area (Å²) in [5, 5.41) is 3.47. The van der Waals surface area contributed by atoms with E-state index in [1.54, 1.807) is 17.5 Å². The van der Waals surface area contributed by atoms with Crippen LogP contribution in [0.3, 0.4) is 0 Å². The van der Waals surface area contributed by atoms with Crippen molar-refractivity contribution in [3.05, 3.63) is 61.5 Å². The van der Waals surface area contributed by atoms with Crippen LogP contribution in [0.25, 0.3) is 0 Å². The summed E-state index contributed by atoms with van der Waals surface area (Å²) in [5.41, 5.74) is 7.35. The molecule has 1 aliphatic rings. The maximum atomic E-state index is 12.8. The quantitative estimate of drug-likeness (QED) is 0.508. The van der Waals surface area contributed by atoms with Crippen molar-refractivity contribution >= 4 is 46.1 Å². The van der Waals surface area contributed by atoms with E-state index in [0.29, 0.717) is 23.5 Å². The minimum Gasteiger partial charge on any atom is -0.378 e. The van der Waals surface area contributed by atoms with E-state index in [2.05, 4.69) is 20.8 Å². The van der Waals surface area contributed by atoms with Crippen LogP contribution in [0.2, 0.25) is 0 Å². The third-order valence-electron chi connectivity index (χ3n) is 5.92. The number of carbonyl (C=O) groups is 3. The number of nitrogens with one attached hydrogen (secondary N) is 2. The van der Waals surface area contributed by atoms with E-state index in [-0.39, 0.29) is 17.5 Å². The lowest BCUT2D eigenvalue weighted by molar-refractivity contribution is 0.0716. The molecule has 1 aromatic carbocycles. The fraction of sp³-hybridized carbons (Fsp3) is 0.375. The number of rotatable bonds is 5. The number of amides is 3. The van der Waals surface area contributed by atoms with Gasteiger partial charge in [-0.25, -0.2) is 9.97 Å². The second-order valence-electron chi connectivity index (χ2n) is 8.63. The predicted molar refractivity (Wildman–Crippen MR) is 137 cm³/mol. The van der Waals surface area contributed by atoms with Gasteiger partial charge in [-0.1, -0.05) is 0 Å². The average molecular weight is 513 g/mol. The van der Waals surface area contributed by atoms with E-state index < -0.39 is 11.8 Å². The highest BCUT2D eigenvalue weighted by atomic mass is 32.1. The number of benzene rings is 1. The molecule has 3 aromatic rings. The summed E-state index contributed by atoms with van der Waals surface area (Å²) in [5.74, 6) is -0.630. The Labute approximate surface area is 212 Å². The Morgan fingerprint density at radius 3 is 2.26 bits per heavy atom. The van der Waals surface area contributed by atoms with Crippen molar-refractivity contribution in [1.82, 2.24) is 25.7 Å². The lowest BCUT2D eigenvalue weighted by Gasteiger charge is -2.30. The Morgan fingerprint density at radius 1 is 1.00 bits per heavy atom. The van der Waals surface area contributed by atoms with Crippen LogP contribution in [0.1, 0.15) is 65.0 Å². The van der Waals surface area contributed by atoms with E-state index in [1.165, 1.54) is 22.7 Å². The lowest BCUT2D eigenvalue weighted by atomic mass is 9.97. The SMILES string of the molecule is Cc1nc(C)c(C(=O)N2CCC(c3nc(C(=O)NNC(=O)c4ccc(N(C)C)cc4)cs3)CC2)s1. The molecule has 9 nitrogen and oxygen atoms in total. The molecule has 0 spiro atoms. The first-order chi connectivity index (χ1) is 16.7. The lowest BCUT2D eigenvalue weighted by Crippen LogP contribution is -2.41. The first kappa shape index (κ1) is 24.8. The molecular formula is C24H28N6O3S2. The highest BCUT2D eigenvalue weighted by Gasteiger charge is 2.28. The van der Waals surface area contributed by atoms with Crippen molar-refractivity contribution in [1.29, 1.82) is 0 Å². The normalized spacial score (nSPS) is 14.0. The molecular weight excluding hydrogens is 484 g/mol. The summed E-state index contributed by atoms with van der Waals surface area (Å²) in [4.78, 5) is 51.1. The monoisotopic (exact) mass is 512 g/mol. The molecule has 3 amide bonds. The summed E-state index contributed by atoms with van der Waals surface area (Å²) in [7, 11) is 3.84. The summed E-state index contributed by atoms with van der Waals surface area (Å²) < 4.78 is 0. The molecule has 0 unspecified atom stereocenters. The molecule has 0 bridgehead atoms. The Balaban J connectivity index is 1.29. The number of nitrogens with zero attached hydrogens (tertiary/aromatic N) is 4. The predicted octanol–water partition coefficient (Wildman–Crippen LogP) is 3.38. The highest BCUT2D eigenvalue weighted by molar-refractivity contribution is 7.13. The van der Waals surface area contributed by atoms with Gasteiger partial charge in [-0.05, 0) is 51.0 Å². The van der Waals surface area contributed by atoms with Crippen LogP contribution in [0.5, 0.6) is 0 Å². The molecule has 2 N–H and O–H groups in total. The molecule has 35 heavy (non-hydrogen) atoms. The zero-order chi connectivity index (χ0) is 25.1. The van der Waals surface area contributed by atoms with Gasteiger partial charge in [0.05, 0.1) is 15.7 Å². The Bertz CT molecular complexity index is 1230. The molecule has 3 heterocycles. The number of likely N-dealkylation sites (tertiary alicyclic amines) is 1. The molecule has 11 heteroatoms. The van der Waals surface area contributed by atoms with Crippen LogP contribution in [-0.2, 0) is 0 Å². The number of piperidine rings is 1. The molecule has 4 rings (SSSR count). The van der Waals surface area contributed by atoms with Crippen molar-refractivity contribution in [2.75, 3.05) is 32.1 Å². The smallest absolute Gasteiger partial charge is 0.289 e. The van der Waals surface area contributed by atoms with Crippen LogP contribution in [-0.4, -0.2) is 59.8 Å². The number of hydrogen-bond acceptors (Lipinski definition) is 8. The first-order valence-corrected chi connectivity index (χ1v) is 13.0. The van der Waals surface area contributed by atoms with Gasteiger partial charge in [-0.2, -0.15) is 0 Å². The maximum absolute atomic E-state index is 12.8. The van der Waals surface area contributed by atoms with Gasteiger partial charge in [0, 0.05) is 49.7 Å². The summed E-state index contributed by atoms with van der Waals surface area (Å²) in [6.45, 7) is 5.06. The Morgan fingerprint density at radius 2 is 1.66 bits per heavy atom. The van der Waals surface area contributed by atoms with E-state index in [4.69, 9.17) is 0 Å². The number of aromatic nitrogens is 2. The van der Waals surface area contributed by atoms with Crippen molar-refractivity contribution in [3.8, 4) is 0 Å². The van der Waals surface area contributed by atoms with E-state index in [0.717, 1.165) is 34.2 Å². The van der Waals surface area contributed by atoms with E-state index in [1.807, 2.05) is 49.9 Å². The standard InChI is InChI=1S/C24H28N6O3S2/c1-14-20(35-15(2)25-14)24(33)30-11-9-17(10-12-30)23-26-19(13-34-23)22(32)28-27-21(31)16-5-7-18(8-6-16)29(3)4/h5-8,13,17H,9-12H2,1-4H3,(H,27,31)(H,28,32). The molecule has 2 aromatic heterocycles. The van der Waals surface area contributed by atoms with Crippen molar-refractivity contribution in [3.63, 3.8) is 0 Å². The largest absolute Gasteiger partial charge is 0.378 e. The van der Waals surface area contributed by atoms with Gasteiger partial charge < -0.3 is 9.80 Å². The molecule has 0 aliphatic carbocycles. The van der Waals surface area contributed by atoms with Gasteiger partial charge in [0.2, 0.25) is 0 Å². The molecule has 1 saturated heterocycles. The van der Waals surface area contributed by atoms with E-state index in [9.17, 15) is 14.4 Å². The zero-order valence-corrected chi connectivity index (χ0v) is 21.8. The fourth-order valence-corrected chi connectivity index (χ4v) is 5.80. The fourth-order valence-electron chi connectivity index (χ4n) is 3.94. The molecule has 184 valence electrons. The third kappa shape index (κ3) is 5.68. The average Bonchev–Trinajstić information content (AvgIpc) is 3.48. The zero-order valence-electron chi connectivity index (χ0n) is 20.1. The molecule has 0 atom stereocenters. The molecule has 1 fully saturated rings. The van der Waals surface area contributed by atoms with E-state index >= 15 is 0 Å². The van der Waals surface area contributed by atoms with Gasteiger partial charge in [-0.3, -0.25) is 25.2 Å². The van der Waals surface area contributed by atoms with Crippen LogP contribution in [0.4, 0.5) is 5.69 Å². The van der Waals surface area contributed by atoms with Crippen LogP contribution in [0.15, 0.2) is 29.6 Å². The van der Waals surface area contributed by atoms with Gasteiger partial charge in [-0.15, -0.1) is 22.7 Å². The molecule has 0 radical (unpaired) electrons. The van der Waals surface area contributed by atoms with Crippen molar-refractivity contribution < 1.29 is 14.4 Å². The summed E-state index contributed by atoms with van der Waals surface area (Å²) in [6.07, 6.45) is 1.58. The van der Waals surface area contributed by atoms with Gasteiger partial charge >= 0.3 is 0 Å². The topological polar surface area (TPSA) is 108 Å². The molecule has 1 aliphatic heterocycles. The summed E-state index contributed by atoms with van der Waals surface area (Å²) >= 11 is 2.87. The first-order valence-electron chi connectivity index (χ1n) is 11.3. The number of hydrazine groups is 1. The second kappa shape index (κ2) is 10.5. The van der Waals surface area contributed by atoms with Crippen molar-refractivity contribution in [2.45, 2.75) is 32.6 Å². The Hall–Kier alpha value is -3.31. The molecule has 0 saturated carbocycles. The second-order valence-corrected chi connectivity index (χ2v) is 10.7. The third-order valence-corrected chi connectivity index (χ3v) is 7.99. The number of anilines is 1. The van der Waals surface area contributed by atoms with Crippen LogP contribution in [0, 0.1) is 13.8 Å². The van der Waals surface area contributed by atoms with Gasteiger partial charge in [0.15, 0.2) is 0 Å². The van der Waals surface area contributed by atoms with Crippen LogP contribution >= 0.6 is 22.7 Å². The number of thiazole rings is 2. The Kier molecular flexibility index (Phi) is 7.46. The minimum atomic E-state index is -0.464. The number of hydrogen-bond donors (Lipinski definition) is 2. The number of aryl methyl sites for hydroxylation is 2.